The number of hydrogen-bond donors (Lipinski definition) is 1. The first-order valence-electron chi connectivity index (χ1n) is 2.95. The molecule has 1 heterocycles. The van der Waals surface area contributed by atoms with E-state index in [2.05, 4.69) is 10.4 Å². The lowest BCUT2D eigenvalue weighted by Gasteiger charge is -2.01. The normalized spacial score (nSPS) is 17.2. The van der Waals surface area contributed by atoms with E-state index in [1.165, 1.54) is 0 Å². The molecule has 0 bridgehead atoms. The third kappa shape index (κ3) is 1.79. The van der Waals surface area contributed by atoms with Crippen LogP contribution in [0.15, 0.2) is 5.10 Å². The Morgan fingerprint density at radius 1 is 1.67 bits per heavy atom. The first-order chi connectivity index (χ1) is 5.61. The van der Waals surface area contributed by atoms with Gasteiger partial charge in [0.1, 0.15) is 12.8 Å². The lowest BCUT2D eigenvalue weighted by Crippen LogP contribution is -2.25. The number of nitrogens with one attached hydrogen (secondary N) is 1. The van der Waals surface area contributed by atoms with Crippen LogP contribution in [0.1, 0.15) is 0 Å². The summed E-state index contributed by atoms with van der Waals surface area (Å²) in [5.41, 5.74) is 0. The van der Waals surface area contributed by atoms with Gasteiger partial charge < -0.3 is 5.32 Å². The van der Waals surface area contributed by atoms with Gasteiger partial charge in [-0.1, -0.05) is 0 Å². The SMILES string of the molecule is O=C(Cl)C=NN1C(=O)CNC1=O. The van der Waals surface area contributed by atoms with Crippen LogP contribution in [0.4, 0.5) is 4.79 Å². The van der Waals surface area contributed by atoms with Gasteiger partial charge in [-0.3, -0.25) is 9.59 Å². The molecule has 0 spiro atoms. The second-order valence-corrected chi connectivity index (χ2v) is 2.29. The van der Waals surface area contributed by atoms with Crippen LogP contribution >= 0.6 is 11.6 Å². The molecule has 12 heavy (non-hydrogen) atoms. The fourth-order valence-corrected chi connectivity index (χ4v) is 0.678. The third-order valence-electron chi connectivity index (χ3n) is 1.09. The standard InChI is InChI=1S/C5H4ClN3O3/c6-3(10)1-8-9-4(11)2-7-5(9)12/h1H,2H2,(H,7,12). The number of imide groups is 1. The molecule has 0 saturated carbocycles. The highest BCUT2D eigenvalue weighted by atomic mass is 35.5. The molecule has 0 unspecified atom stereocenters. The molecule has 1 aliphatic rings. The second-order valence-electron chi connectivity index (χ2n) is 1.91. The van der Waals surface area contributed by atoms with Gasteiger partial charge in [0.25, 0.3) is 11.1 Å². The zero-order chi connectivity index (χ0) is 9.14. The summed E-state index contributed by atoms with van der Waals surface area (Å²) in [6, 6.07) is -0.658. The van der Waals surface area contributed by atoms with Gasteiger partial charge >= 0.3 is 6.03 Å². The Bertz CT molecular complexity index is 259. The van der Waals surface area contributed by atoms with E-state index in [1.807, 2.05) is 0 Å². The average Bonchev–Trinajstić information content (AvgIpc) is 2.28. The van der Waals surface area contributed by atoms with E-state index >= 15 is 0 Å². The van der Waals surface area contributed by atoms with Crippen LogP contribution < -0.4 is 5.32 Å². The van der Waals surface area contributed by atoms with E-state index in [4.69, 9.17) is 11.6 Å². The van der Waals surface area contributed by atoms with Gasteiger partial charge in [0.15, 0.2) is 0 Å². The number of hydrogen-bond acceptors (Lipinski definition) is 4. The highest BCUT2D eigenvalue weighted by molar-refractivity contribution is 6.78. The zero-order valence-electron chi connectivity index (χ0n) is 5.78. The Hall–Kier alpha value is -1.43. The van der Waals surface area contributed by atoms with Crippen molar-refractivity contribution >= 4 is 35.0 Å². The van der Waals surface area contributed by atoms with Gasteiger partial charge in [-0.2, -0.15) is 5.10 Å². The van der Waals surface area contributed by atoms with Crippen LogP contribution in [0.2, 0.25) is 0 Å². The number of carbonyl (C=O) groups is 3. The predicted octanol–water partition coefficient (Wildman–Crippen LogP) is -0.711. The summed E-state index contributed by atoms with van der Waals surface area (Å²) in [6.45, 7) is -0.105. The molecular formula is C5H4ClN3O3. The Labute approximate surface area is 72.2 Å². The van der Waals surface area contributed by atoms with Crippen molar-refractivity contribution in [3.8, 4) is 0 Å². The Kier molecular flexibility index (Phi) is 2.39. The molecule has 0 radical (unpaired) electrons. The van der Waals surface area contributed by atoms with Gasteiger partial charge in [0.05, 0.1) is 0 Å². The minimum Gasteiger partial charge on any atom is -0.327 e. The molecule has 64 valence electrons. The molecule has 6 nitrogen and oxygen atoms in total. The number of nitrogens with zero attached hydrogens (tertiary/aromatic N) is 2. The molecule has 7 heteroatoms. The molecule has 0 aliphatic carbocycles. The topological polar surface area (TPSA) is 78.8 Å². The van der Waals surface area contributed by atoms with Gasteiger partial charge in [-0.15, -0.1) is 5.01 Å². The average molecular weight is 190 g/mol. The van der Waals surface area contributed by atoms with E-state index in [9.17, 15) is 14.4 Å². The maximum Gasteiger partial charge on any atom is 0.345 e. The van der Waals surface area contributed by atoms with Gasteiger partial charge in [0.2, 0.25) is 0 Å². The summed E-state index contributed by atoms with van der Waals surface area (Å²) in [5, 5.41) is 5.16. The van der Waals surface area contributed by atoms with Crippen LogP contribution in [0.25, 0.3) is 0 Å². The van der Waals surface area contributed by atoms with Crippen molar-refractivity contribution in [3.05, 3.63) is 0 Å². The molecule has 0 atom stereocenters. The quantitative estimate of drug-likeness (QED) is 0.354. The molecule has 1 rings (SSSR count). The van der Waals surface area contributed by atoms with Crippen molar-refractivity contribution in [2.45, 2.75) is 0 Å². The lowest BCUT2D eigenvalue weighted by molar-refractivity contribution is -0.124. The van der Waals surface area contributed by atoms with Crippen molar-refractivity contribution in [2.75, 3.05) is 6.54 Å². The van der Waals surface area contributed by atoms with Crippen LogP contribution in [-0.2, 0) is 9.59 Å². The largest absolute Gasteiger partial charge is 0.345 e. The highest BCUT2D eigenvalue weighted by Crippen LogP contribution is 1.98. The first-order valence-corrected chi connectivity index (χ1v) is 3.33. The summed E-state index contributed by atoms with van der Waals surface area (Å²) >= 11 is 4.89. The Morgan fingerprint density at radius 3 is 2.75 bits per heavy atom. The van der Waals surface area contributed by atoms with E-state index in [0.29, 0.717) is 11.2 Å². The molecule has 0 aromatic carbocycles. The number of urea groups is 1. The second kappa shape index (κ2) is 3.31. The fourth-order valence-electron chi connectivity index (χ4n) is 0.634. The van der Waals surface area contributed by atoms with Crippen molar-refractivity contribution < 1.29 is 14.4 Å². The van der Waals surface area contributed by atoms with Crippen molar-refractivity contribution in [2.24, 2.45) is 5.10 Å². The van der Waals surface area contributed by atoms with Gasteiger partial charge in [-0.25, -0.2) is 4.79 Å². The Balaban J connectivity index is 2.68. The molecule has 0 aromatic heterocycles. The van der Waals surface area contributed by atoms with Crippen molar-refractivity contribution in [3.63, 3.8) is 0 Å². The summed E-state index contributed by atoms with van der Waals surface area (Å²) in [6.07, 6.45) is 0.685. The summed E-state index contributed by atoms with van der Waals surface area (Å²) < 4.78 is 0. The maximum absolute atomic E-state index is 10.8. The van der Waals surface area contributed by atoms with Gasteiger partial charge in [0, 0.05) is 0 Å². The number of carbonyl (C=O) groups excluding carboxylic acids is 3. The zero-order valence-corrected chi connectivity index (χ0v) is 6.54. The van der Waals surface area contributed by atoms with Crippen LogP contribution in [0.3, 0.4) is 0 Å². The molecule has 1 fully saturated rings. The minimum absolute atomic E-state index is 0.105. The van der Waals surface area contributed by atoms with Crippen LogP contribution in [0.5, 0.6) is 0 Å². The molecule has 1 saturated heterocycles. The number of halogens is 1. The van der Waals surface area contributed by atoms with E-state index < -0.39 is 17.2 Å². The first kappa shape index (κ1) is 8.66. The smallest absolute Gasteiger partial charge is 0.327 e. The summed E-state index contributed by atoms with van der Waals surface area (Å²) in [5.74, 6) is -0.519. The number of hydrazone groups is 1. The Morgan fingerprint density at radius 2 is 2.33 bits per heavy atom. The number of rotatable bonds is 2. The van der Waals surface area contributed by atoms with E-state index in [1.54, 1.807) is 0 Å². The van der Waals surface area contributed by atoms with Crippen molar-refractivity contribution in [1.29, 1.82) is 0 Å². The molecule has 0 aromatic rings. The lowest BCUT2D eigenvalue weighted by atomic mass is 10.6. The van der Waals surface area contributed by atoms with Crippen LogP contribution in [0, 0.1) is 0 Å². The molecule has 1 N–H and O–H groups in total. The fraction of sp³-hybridized carbons (Fsp3) is 0.200. The van der Waals surface area contributed by atoms with Gasteiger partial charge in [-0.05, 0) is 11.6 Å². The van der Waals surface area contributed by atoms with Crippen LogP contribution in [-0.4, -0.2) is 34.9 Å². The van der Waals surface area contributed by atoms with E-state index in [0.717, 1.165) is 0 Å². The van der Waals surface area contributed by atoms with E-state index in [-0.39, 0.29) is 6.54 Å². The summed E-state index contributed by atoms with van der Waals surface area (Å²) in [7, 11) is 0. The monoisotopic (exact) mass is 189 g/mol. The predicted molar refractivity (Wildman–Crippen MR) is 39.6 cm³/mol. The minimum atomic E-state index is -0.845. The highest BCUT2D eigenvalue weighted by Gasteiger charge is 2.27. The number of amides is 3. The maximum atomic E-state index is 10.8. The molecule has 3 amide bonds. The molecule has 1 aliphatic heterocycles. The third-order valence-corrected chi connectivity index (χ3v) is 1.19. The van der Waals surface area contributed by atoms with Crippen molar-refractivity contribution in [1.82, 2.24) is 10.3 Å². The molecular weight excluding hydrogens is 186 g/mol. The summed E-state index contributed by atoms with van der Waals surface area (Å²) in [4.78, 5) is 31.7.